The molecule has 70 valence electrons. The molecule has 0 radical (unpaired) electrons. The second kappa shape index (κ2) is 2.73. The predicted octanol–water partition coefficient (Wildman–Crippen LogP) is 1.33. The van der Waals surface area contributed by atoms with E-state index in [-0.39, 0.29) is 15.9 Å². The van der Waals surface area contributed by atoms with Crippen molar-refractivity contribution < 1.29 is 13.5 Å². The van der Waals surface area contributed by atoms with E-state index in [0.29, 0.717) is 0 Å². The van der Waals surface area contributed by atoms with Gasteiger partial charge in [-0.3, -0.25) is 0 Å². The number of sulfone groups is 1. The molecule has 0 aliphatic heterocycles. The highest BCUT2D eigenvalue weighted by atomic mass is 32.2. The van der Waals surface area contributed by atoms with Crippen LogP contribution >= 0.6 is 0 Å². The highest BCUT2D eigenvalue weighted by Gasteiger charge is 2.36. The highest BCUT2D eigenvalue weighted by molar-refractivity contribution is 7.92. The molecule has 1 aromatic carbocycles. The number of phenolic OH excluding ortho intramolecular Hbond substituents is 1. The molecule has 0 amide bonds. The maximum Gasteiger partial charge on any atom is 0.181 e. The summed E-state index contributed by atoms with van der Waals surface area (Å²) in [5, 5.41) is 8.90. The van der Waals surface area contributed by atoms with Crippen molar-refractivity contribution in [2.75, 3.05) is 0 Å². The van der Waals surface area contributed by atoms with E-state index in [4.69, 9.17) is 5.11 Å². The van der Waals surface area contributed by atoms with Crippen LogP contribution in [0.4, 0.5) is 0 Å². The fourth-order valence-corrected chi connectivity index (χ4v) is 2.93. The first-order chi connectivity index (χ1) is 6.10. The summed E-state index contributed by atoms with van der Waals surface area (Å²) in [6.45, 7) is 0. The van der Waals surface area contributed by atoms with Gasteiger partial charge in [0.2, 0.25) is 0 Å². The first kappa shape index (κ1) is 8.56. The molecule has 3 nitrogen and oxygen atoms in total. The number of benzene rings is 1. The van der Waals surface area contributed by atoms with Crippen LogP contribution < -0.4 is 0 Å². The molecule has 0 unspecified atom stereocenters. The Bertz CT molecular complexity index is 418. The van der Waals surface area contributed by atoms with Crippen molar-refractivity contribution in [2.24, 2.45) is 0 Å². The lowest BCUT2D eigenvalue weighted by molar-refractivity contribution is 0.473. The fraction of sp³-hybridized carbons (Fsp3) is 0.333. The summed E-state index contributed by atoms with van der Waals surface area (Å²) in [4.78, 5) is 0.231. The quantitative estimate of drug-likeness (QED) is 0.780. The highest BCUT2D eigenvalue weighted by Crippen LogP contribution is 2.34. The Morgan fingerprint density at radius 2 is 2.00 bits per heavy atom. The van der Waals surface area contributed by atoms with Crippen molar-refractivity contribution in [2.45, 2.75) is 23.0 Å². The molecular weight excluding hydrogens is 188 g/mol. The predicted molar refractivity (Wildman–Crippen MR) is 48.3 cm³/mol. The minimum Gasteiger partial charge on any atom is -0.508 e. The van der Waals surface area contributed by atoms with Gasteiger partial charge in [0.15, 0.2) is 9.84 Å². The Balaban J connectivity index is 2.45. The number of rotatable bonds is 2. The van der Waals surface area contributed by atoms with Gasteiger partial charge in [-0.15, -0.1) is 0 Å². The Morgan fingerprint density at radius 1 is 1.31 bits per heavy atom. The van der Waals surface area contributed by atoms with Crippen molar-refractivity contribution in [3.05, 3.63) is 24.3 Å². The summed E-state index contributed by atoms with van der Waals surface area (Å²) >= 11 is 0. The molecule has 1 N–H and O–H groups in total. The average Bonchev–Trinajstić information content (AvgIpc) is 2.86. The number of aromatic hydroxyl groups is 1. The van der Waals surface area contributed by atoms with Crippen LogP contribution in [-0.2, 0) is 9.84 Å². The van der Waals surface area contributed by atoms with E-state index >= 15 is 0 Å². The summed E-state index contributed by atoms with van der Waals surface area (Å²) in [6, 6.07) is 5.83. The van der Waals surface area contributed by atoms with Crippen molar-refractivity contribution in [1.29, 1.82) is 0 Å². The third-order valence-electron chi connectivity index (χ3n) is 2.11. The van der Waals surface area contributed by atoms with Gasteiger partial charge >= 0.3 is 0 Å². The molecule has 0 bridgehead atoms. The van der Waals surface area contributed by atoms with Gasteiger partial charge in [-0.25, -0.2) is 8.42 Å². The van der Waals surface area contributed by atoms with Crippen molar-refractivity contribution in [3.8, 4) is 5.75 Å². The van der Waals surface area contributed by atoms with E-state index in [1.165, 1.54) is 18.2 Å². The maximum absolute atomic E-state index is 11.6. The summed E-state index contributed by atoms with van der Waals surface area (Å²) in [7, 11) is -3.15. The van der Waals surface area contributed by atoms with Crippen molar-refractivity contribution >= 4 is 9.84 Å². The second-order valence-corrected chi connectivity index (χ2v) is 5.47. The molecule has 1 aromatic rings. The molecule has 0 heterocycles. The third-order valence-corrected chi connectivity index (χ3v) is 4.37. The summed E-state index contributed by atoms with van der Waals surface area (Å²) in [5.41, 5.74) is 0. The lowest BCUT2D eigenvalue weighted by atomic mass is 10.3. The van der Waals surface area contributed by atoms with Gasteiger partial charge in [0.25, 0.3) is 0 Å². The van der Waals surface area contributed by atoms with Crippen LogP contribution in [0.2, 0.25) is 0 Å². The van der Waals surface area contributed by atoms with Crippen LogP contribution in [0, 0.1) is 0 Å². The van der Waals surface area contributed by atoms with Gasteiger partial charge in [0, 0.05) is 0 Å². The lowest BCUT2D eigenvalue weighted by Crippen LogP contribution is -2.06. The van der Waals surface area contributed by atoms with Crippen LogP contribution in [0.1, 0.15) is 12.8 Å². The van der Waals surface area contributed by atoms with E-state index in [9.17, 15) is 8.42 Å². The molecule has 0 saturated heterocycles. The molecule has 1 aliphatic carbocycles. The summed E-state index contributed by atoms with van der Waals surface area (Å²) in [5.74, 6) is 0.00160. The van der Waals surface area contributed by atoms with Crippen molar-refractivity contribution in [1.82, 2.24) is 0 Å². The molecular formula is C9H10O3S. The first-order valence-corrected chi connectivity index (χ1v) is 5.68. The van der Waals surface area contributed by atoms with Gasteiger partial charge < -0.3 is 5.11 Å². The maximum atomic E-state index is 11.6. The SMILES string of the molecule is O=S(=O)(c1cccc(O)c1)C1CC1. The van der Waals surface area contributed by atoms with Crippen LogP contribution in [0.3, 0.4) is 0 Å². The van der Waals surface area contributed by atoms with E-state index < -0.39 is 9.84 Å². The minimum atomic E-state index is -3.15. The van der Waals surface area contributed by atoms with E-state index in [2.05, 4.69) is 0 Å². The molecule has 0 aromatic heterocycles. The van der Waals surface area contributed by atoms with Gasteiger partial charge in [-0.1, -0.05) is 6.07 Å². The lowest BCUT2D eigenvalue weighted by Gasteiger charge is -2.01. The Kier molecular flexibility index (Phi) is 1.80. The molecule has 1 saturated carbocycles. The molecule has 0 atom stereocenters. The van der Waals surface area contributed by atoms with Gasteiger partial charge in [0.1, 0.15) is 5.75 Å². The zero-order chi connectivity index (χ0) is 9.47. The molecule has 13 heavy (non-hydrogen) atoms. The summed E-state index contributed by atoms with van der Waals surface area (Å²) < 4.78 is 23.3. The standard InChI is InChI=1S/C9H10O3S/c10-7-2-1-3-9(6-7)13(11,12)8-4-5-8/h1-3,6,8,10H,4-5H2. The van der Waals surface area contributed by atoms with Gasteiger partial charge in [-0.05, 0) is 31.0 Å². The minimum absolute atomic E-state index is 0.00160. The van der Waals surface area contributed by atoms with E-state index in [1.54, 1.807) is 6.07 Å². The van der Waals surface area contributed by atoms with Crippen LogP contribution in [0.25, 0.3) is 0 Å². The molecule has 0 spiro atoms. The number of phenols is 1. The fourth-order valence-electron chi connectivity index (χ4n) is 1.23. The average molecular weight is 198 g/mol. The Hall–Kier alpha value is -1.03. The Labute approximate surface area is 76.9 Å². The smallest absolute Gasteiger partial charge is 0.181 e. The molecule has 4 heteroatoms. The second-order valence-electron chi connectivity index (χ2n) is 3.24. The van der Waals surface area contributed by atoms with Crippen LogP contribution in [-0.4, -0.2) is 18.8 Å². The number of hydrogen-bond donors (Lipinski definition) is 1. The zero-order valence-corrected chi connectivity index (χ0v) is 7.79. The van der Waals surface area contributed by atoms with Gasteiger partial charge in [-0.2, -0.15) is 0 Å². The summed E-state index contributed by atoms with van der Waals surface area (Å²) in [6.07, 6.45) is 1.50. The monoisotopic (exact) mass is 198 g/mol. The van der Waals surface area contributed by atoms with Crippen LogP contribution in [0.15, 0.2) is 29.2 Å². The molecule has 1 fully saturated rings. The van der Waals surface area contributed by atoms with Gasteiger partial charge in [0.05, 0.1) is 10.1 Å². The zero-order valence-electron chi connectivity index (χ0n) is 6.97. The van der Waals surface area contributed by atoms with E-state index in [1.807, 2.05) is 0 Å². The van der Waals surface area contributed by atoms with E-state index in [0.717, 1.165) is 12.8 Å². The normalized spacial score (nSPS) is 17.2. The third kappa shape index (κ3) is 1.54. The molecule has 2 rings (SSSR count). The van der Waals surface area contributed by atoms with Crippen molar-refractivity contribution in [3.63, 3.8) is 0 Å². The topological polar surface area (TPSA) is 54.4 Å². The van der Waals surface area contributed by atoms with Crippen LogP contribution in [0.5, 0.6) is 5.75 Å². The molecule has 1 aliphatic rings. The Morgan fingerprint density at radius 3 is 2.54 bits per heavy atom. The largest absolute Gasteiger partial charge is 0.508 e. The number of hydrogen-bond acceptors (Lipinski definition) is 3. The first-order valence-electron chi connectivity index (χ1n) is 4.13.